The lowest BCUT2D eigenvalue weighted by Gasteiger charge is -2.11. The molecular formula is C16H21ClN4O2. The summed E-state index contributed by atoms with van der Waals surface area (Å²) in [5, 5.41) is 16.5. The number of aromatic nitrogens is 3. The predicted molar refractivity (Wildman–Crippen MR) is 89.0 cm³/mol. The lowest BCUT2D eigenvalue weighted by Crippen LogP contribution is -2.33. The summed E-state index contributed by atoms with van der Waals surface area (Å²) in [5.41, 5.74) is 0.700. The van der Waals surface area contributed by atoms with Gasteiger partial charge in [-0.15, -0.1) is 5.10 Å². The van der Waals surface area contributed by atoms with Gasteiger partial charge < -0.3 is 10.4 Å². The van der Waals surface area contributed by atoms with E-state index in [-0.39, 0.29) is 24.4 Å². The van der Waals surface area contributed by atoms with E-state index in [9.17, 15) is 4.79 Å². The number of para-hydroxylation sites is 1. The molecule has 0 fully saturated rings. The summed E-state index contributed by atoms with van der Waals surface area (Å²) in [5.74, 6) is 0.472. The highest BCUT2D eigenvalue weighted by Crippen LogP contribution is 2.20. The number of halogens is 1. The molecule has 0 spiro atoms. The molecule has 0 radical (unpaired) electrons. The summed E-state index contributed by atoms with van der Waals surface area (Å²) < 4.78 is 1.61. The highest BCUT2D eigenvalue weighted by atomic mass is 35.5. The number of nitrogens with one attached hydrogen (secondary N) is 1. The number of aliphatic hydroxyl groups excluding tert-OH is 1. The van der Waals surface area contributed by atoms with Gasteiger partial charge in [-0.25, -0.2) is 9.67 Å². The molecule has 0 saturated carbocycles. The maximum Gasteiger partial charge on any atom is 0.291 e. The van der Waals surface area contributed by atoms with Crippen molar-refractivity contribution in [3.05, 3.63) is 40.9 Å². The molecule has 0 aliphatic carbocycles. The van der Waals surface area contributed by atoms with Gasteiger partial charge in [0.25, 0.3) is 5.91 Å². The molecule has 0 aliphatic heterocycles. The summed E-state index contributed by atoms with van der Waals surface area (Å²) in [6.07, 6.45) is 1.98. The standard InChI is InChI=1S/C16H21ClN4O2/c1-3-14-19-15(16(23)18-11(2)7-6-10-22)20-21(14)13-9-5-4-8-12(13)17/h4-5,8-9,11,22H,3,6-7,10H2,1-2H3,(H,18,23). The first-order valence-corrected chi connectivity index (χ1v) is 8.07. The molecule has 1 atom stereocenters. The predicted octanol–water partition coefficient (Wildman–Crippen LogP) is 2.37. The third kappa shape index (κ3) is 4.30. The van der Waals surface area contributed by atoms with Crippen molar-refractivity contribution in [3.8, 4) is 5.69 Å². The van der Waals surface area contributed by atoms with Crippen LogP contribution in [0.4, 0.5) is 0 Å². The number of benzene rings is 1. The molecule has 1 heterocycles. The zero-order valence-electron chi connectivity index (χ0n) is 13.3. The van der Waals surface area contributed by atoms with Crippen molar-refractivity contribution in [1.29, 1.82) is 0 Å². The van der Waals surface area contributed by atoms with Gasteiger partial charge in [0.1, 0.15) is 5.82 Å². The number of hydrogen-bond donors (Lipinski definition) is 2. The second-order valence-electron chi connectivity index (χ2n) is 5.31. The van der Waals surface area contributed by atoms with Gasteiger partial charge in [0.05, 0.1) is 10.7 Å². The number of aryl methyl sites for hydroxylation is 1. The molecule has 124 valence electrons. The van der Waals surface area contributed by atoms with E-state index < -0.39 is 0 Å². The van der Waals surface area contributed by atoms with Crippen LogP contribution in [-0.2, 0) is 6.42 Å². The Morgan fingerprint density at radius 1 is 1.43 bits per heavy atom. The van der Waals surface area contributed by atoms with Gasteiger partial charge in [-0.3, -0.25) is 4.79 Å². The van der Waals surface area contributed by atoms with E-state index in [1.54, 1.807) is 10.7 Å². The van der Waals surface area contributed by atoms with Crippen LogP contribution in [-0.4, -0.2) is 38.4 Å². The van der Waals surface area contributed by atoms with E-state index in [0.29, 0.717) is 35.8 Å². The molecule has 1 amide bonds. The summed E-state index contributed by atoms with van der Waals surface area (Å²) >= 11 is 6.21. The first-order chi connectivity index (χ1) is 11.1. The summed E-state index contributed by atoms with van der Waals surface area (Å²) in [4.78, 5) is 16.6. The zero-order valence-corrected chi connectivity index (χ0v) is 14.0. The average Bonchev–Trinajstić information content (AvgIpc) is 2.97. The molecule has 1 aromatic carbocycles. The van der Waals surface area contributed by atoms with Crippen molar-refractivity contribution in [2.24, 2.45) is 0 Å². The van der Waals surface area contributed by atoms with Crippen LogP contribution in [0.1, 0.15) is 43.1 Å². The highest BCUT2D eigenvalue weighted by Gasteiger charge is 2.19. The number of carbonyl (C=O) groups excluding carboxylic acids is 1. The second-order valence-corrected chi connectivity index (χ2v) is 5.72. The fraction of sp³-hybridized carbons (Fsp3) is 0.438. The Kier molecular flexibility index (Phi) is 6.12. The van der Waals surface area contributed by atoms with Crippen molar-refractivity contribution in [2.45, 2.75) is 39.2 Å². The summed E-state index contributed by atoms with van der Waals surface area (Å²) in [7, 11) is 0. The SMILES string of the molecule is CCc1nc(C(=O)NC(C)CCCO)nn1-c1ccccc1Cl. The first kappa shape index (κ1) is 17.4. The third-order valence-electron chi connectivity index (χ3n) is 3.45. The molecule has 0 saturated heterocycles. The molecule has 23 heavy (non-hydrogen) atoms. The van der Waals surface area contributed by atoms with E-state index in [0.717, 1.165) is 0 Å². The fourth-order valence-corrected chi connectivity index (χ4v) is 2.46. The van der Waals surface area contributed by atoms with E-state index in [2.05, 4.69) is 15.4 Å². The number of carbonyl (C=O) groups is 1. The van der Waals surface area contributed by atoms with Gasteiger partial charge in [-0.05, 0) is 31.9 Å². The minimum Gasteiger partial charge on any atom is -0.396 e. The van der Waals surface area contributed by atoms with Crippen LogP contribution >= 0.6 is 11.6 Å². The number of aliphatic hydroxyl groups is 1. The lowest BCUT2D eigenvalue weighted by molar-refractivity contribution is 0.0926. The Morgan fingerprint density at radius 2 is 2.17 bits per heavy atom. The van der Waals surface area contributed by atoms with Gasteiger partial charge in [-0.2, -0.15) is 0 Å². The van der Waals surface area contributed by atoms with Crippen LogP contribution in [0, 0.1) is 0 Å². The monoisotopic (exact) mass is 336 g/mol. The van der Waals surface area contributed by atoms with E-state index in [1.807, 2.05) is 32.0 Å². The molecule has 1 aromatic heterocycles. The maximum atomic E-state index is 12.3. The molecule has 2 rings (SSSR count). The van der Waals surface area contributed by atoms with Crippen molar-refractivity contribution in [1.82, 2.24) is 20.1 Å². The van der Waals surface area contributed by atoms with Crippen molar-refractivity contribution >= 4 is 17.5 Å². The Balaban J connectivity index is 2.22. The largest absolute Gasteiger partial charge is 0.396 e. The van der Waals surface area contributed by atoms with Gasteiger partial charge >= 0.3 is 0 Å². The van der Waals surface area contributed by atoms with Gasteiger partial charge in [0, 0.05) is 19.1 Å². The first-order valence-electron chi connectivity index (χ1n) is 7.69. The number of rotatable bonds is 7. The molecule has 6 nitrogen and oxygen atoms in total. The minimum atomic E-state index is -0.323. The van der Waals surface area contributed by atoms with E-state index >= 15 is 0 Å². The quantitative estimate of drug-likeness (QED) is 0.813. The smallest absolute Gasteiger partial charge is 0.291 e. The van der Waals surface area contributed by atoms with Crippen molar-refractivity contribution in [2.75, 3.05) is 6.61 Å². The molecule has 0 bridgehead atoms. The molecule has 1 unspecified atom stereocenters. The maximum absolute atomic E-state index is 12.3. The molecular weight excluding hydrogens is 316 g/mol. The number of amides is 1. The second kappa shape index (κ2) is 8.08. The van der Waals surface area contributed by atoms with Crippen LogP contribution in [0.15, 0.2) is 24.3 Å². The molecule has 2 N–H and O–H groups in total. The topological polar surface area (TPSA) is 80.0 Å². The van der Waals surface area contributed by atoms with Crippen LogP contribution in [0.5, 0.6) is 0 Å². The van der Waals surface area contributed by atoms with Gasteiger partial charge in [0.2, 0.25) is 5.82 Å². The highest BCUT2D eigenvalue weighted by molar-refractivity contribution is 6.32. The van der Waals surface area contributed by atoms with Crippen molar-refractivity contribution in [3.63, 3.8) is 0 Å². The summed E-state index contributed by atoms with van der Waals surface area (Å²) in [6.45, 7) is 3.95. The fourth-order valence-electron chi connectivity index (χ4n) is 2.24. The summed E-state index contributed by atoms with van der Waals surface area (Å²) in [6, 6.07) is 7.26. The number of hydrogen-bond acceptors (Lipinski definition) is 4. The lowest BCUT2D eigenvalue weighted by atomic mass is 10.2. The van der Waals surface area contributed by atoms with E-state index in [4.69, 9.17) is 16.7 Å². The molecule has 7 heteroatoms. The van der Waals surface area contributed by atoms with Crippen LogP contribution in [0.2, 0.25) is 5.02 Å². The average molecular weight is 337 g/mol. The number of nitrogens with zero attached hydrogens (tertiary/aromatic N) is 3. The zero-order chi connectivity index (χ0) is 16.8. The minimum absolute atomic E-state index is 0.0491. The van der Waals surface area contributed by atoms with Gasteiger partial charge in [-0.1, -0.05) is 30.7 Å². The van der Waals surface area contributed by atoms with Crippen LogP contribution in [0.25, 0.3) is 5.69 Å². The molecule has 2 aromatic rings. The third-order valence-corrected chi connectivity index (χ3v) is 3.77. The Hall–Kier alpha value is -1.92. The Labute approximate surface area is 140 Å². The normalized spacial score (nSPS) is 12.2. The van der Waals surface area contributed by atoms with E-state index in [1.165, 1.54) is 0 Å². The van der Waals surface area contributed by atoms with Crippen molar-refractivity contribution < 1.29 is 9.90 Å². The van der Waals surface area contributed by atoms with Crippen LogP contribution < -0.4 is 5.32 Å². The Morgan fingerprint density at radius 3 is 2.83 bits per heavy atom. The van der Waals surface area contributed by atoms with Crippen LogP contribution in [0.3, 0.4) is 0 Å². The molecule has 0 aliphatic rings. The Bertz CT molecular complexity index is 672. The van der Waals surface area contributed by atoms with Gasteiger partial charge in [0.15, 0.2) is 0 Å².